The first-order valence-corrected chi connectivity index (χ1v) is 19.8. The Balaban J connectivity index is 0. The summed E-state index contributed by atoms with van der Waals surface area (Å²) in [4.78, 5) is 21.3. The molecule has 4 aliphatic carbocycles. The van der Waals surface area contributed by atoms with Crippen molar-refractivity contribution in [2.24, 2.45) is 35.0 Å². The van der Waals surface area contributed by atoms with Crippen LogP contribution >= 0.6 is 0 Å². The first-order chi connectivity index (χ1) is 22.9. The number of carbonyl (C=O) groups excluding carboxylic acids is 2. The molecule has 0 aromatic carbocycles. The van der Waals surface area contributed by atoms with E-state index in [-0.39, 0.29) is 18.3 Å². The van der Waals surface area contributed by atoms with Gasteiger partial charge in [0, 0.05) is 28.2 Å². The quantitative estimate of drug-likeness (QED) is 0.247. The van der Waals surface area contributed by atoms with Crippen molar-refractivity contribution in [1.82, 2.24) is 8.61 Å². The zero-order valence-corrected chi connectivity index (χ0v) is 33.9. The Bertz CT molecular complexity index is 1090. The number of rotatable bonds is 8. The van der Waals surface area contributed by atoms with E-state index < -0.39 is 38.2 Å². The number of hydrogen-bond donors (Lipinski definition) is 0. The van der Waals surface area contributed by atoms with Crippen LogP contribution in [-0.4, -0.2) is 100 Å². The van der Waals surface area contributed by atoms with Crippen molar-refractivity contribution < 1.29 is 57.4 Å². The van der Waals surface area contributed by atoms with Crippen LogP contribution in [-0.2, 0) is 48.0 Å². The number of nitrogens with zero attached hydrogens (tertiary/aromatic N) is 2. The molecule has 0 radical (unpaired) electrons. The van der Waals surface area contributed by atoms with Gasteiger partial charge >= 0.3 is 38.7 Å². The van der Waals surface area contributed by atoms with Crippen molar-refractivity contribution in [3.05, 3.63) is 0 Å². The fraction of sp³-hybridized carbons (Fsp3) is 0.939. The Morgan fingerprint density at radius 3 is 1.04 bits per heavy atom. The zero-order chi connectivity index (χ0) is 39.5. The second-order valence-corrected chi connectivity index (χ2v) is 17.4. The molecule has 0 N–H and O–H groups in total. The van der Waals surface area contributed by atoms with Gasteiger partial charge in [0.05, 0.1) is 34.4 Å². The highest BCUT2D eigenvalue weighted by atomic mass is 32.2. The highest BCUT2D eigenvalue weighted by Crippen LogP contribution is 2.44. The van der Waals surface area contributed by atoms with Crippen LogP contribution in [0.1, 0.15) is 105 Å². The van der Waals surface area contributed by atoms with Crippen molar-refractivity contribution in [3.8, 4) is 0 Å². The second-order valence-electron chi connectivity index (χ2n) is 13.6. The largest absolute Gasteiger partial charge is 0.469 e. The summed E-state index contributed by atoms with van der Waals surface area (Å²) in [6, 6.07) is 0. The average molecular weight is 771 g/mol. The summed E-state index contributed by atoms with van der Waals surface area (Å²) < 4.78 is 97.1. The fourth-order valence-electron chi connectivity index (χ4n) is 5.70. The number of alkyl halides is 3. The summed E-state index contributed by atoms with van der Waals surface area (Å²) in [7, 11) is 3.40. The van der Waals surface area contributed by atoms with Gasteiger partial charge in [-0.25, -0.2) is 0 Å². The number of hydrogen-bond acceptors (Lipinski definition) is 10. The molecule has 2 atom stereocenters. The molecule has 17 heteroatoms. The minimum absolute atomic E-state index is 0.0556. The molecule has 4 fully saturated rings. The van der Waals surface area contributed by atoms with Crippen molar-refractivity contribution in [2.75, 3.05) is 56.6 Å². The topological polar surface area (TPSA) is 146 Å². The van der Waals surface area contributed by atoms with Gasteiger partial charge in [-0.05, 0) is 56.3 Å². The van der Waals surface area contributed by atoms with E-state index in [1.807, 2.05) is 13.8 Å². The fourth-order valence-corrected chi connectivity index (χ4v) is 6.30. The molecule has 0 spiro atoms. The molecular weight excluding hydrogens is 705 g/mol. The maximum absolute atomic E-state index is 12.2. The molecule has 4 rings (SSSR count). The lowest BCUT2D eigenvalue weighted by molar-refractivity contribution is -0.229. The van der Waals surface area contributed by atoms with Crippen LogP contribution in [0.3, 0.4) is 0 Å². The molecule has 0 amide bonds. The third-order valence-electron chi connectivity index (χ3n) is 9.77. The Morgan fingerprint density at radius 2 is 0.980 bits per heavy atom. The van der Waals surface area contributed by atoms with E-state index in [4.69, 9.17) is 0 Å². The number of fused-ring (bicyclic) bond motifs is 4. The van der Waals surface area contributed by atoms with Gasteiger partial charge in [0.25, 0.3) is 0 Å². The highest BCUT2D eigenvalue weighted by Gasteiger charge is 2.56. The number of esters is 2. The summed E-state index contributed by atoms with van der Waals surface area (Å²) in [5.41, 5.74) is -2.37. The lowest BCUT2D eigenvalue weighted by Gasteiger charge is -2.27. The molecule has 0 aromatic heterocycles. The van der Waals surface area contributed by atoms with Gasteiger partial charge in [-0.1, -0.05) is 72.1 Å². The van der Waals surface area contributed by atoms with Gasteiger partial charge in [0.1, 0.15) is 0 Å². The van der Waals surface area contributed by atoms with Crippen LogP contribution < -0.4 is 0 Å². The van der Waals surface area contributed by atoms with Gasteiger partial charge in [0.15, 0.2) is 5.41 Å². The van der Waals surface area contributed by atoms with Crippen LogP contribution in [0.15, 0.2) is 0 Å². The van der Waals surface area contributed by atoms with Gasteiger partial charge in [-0.15, -0.1) is 0 Å². The highest BCUT2D eigenvalue weighted by molar-refractivity contribution is 7.84. The van der Waals surface area contributed by atoms with Gasteiger partial charge in [-0.2, -0.15) is 38.6 Å². The van der Waals surface area contributed by atoms with Crippen LogP contribution in [0.2, 0.25) is 0 Å². The van der Waals surface area contributed by atoms with Crippen molar-refractivity contribution in [1.29, 1.82) is 0 Å². The predicted molar refractivity (Wildman–Crippen MR) is 187 cm³/mol. The maximum atomic E-state index is 12.2. The number of halogens is 3. The van der Waals surface area contributed by atoms with E-state index in [2.05, 4.69) is 17.8 Å². The average Bonchev–Trinajstić information content (AvgIpc) is 3.93. The molecule has 4 saturated carbocycles. The molecule has 12 nitrogen and oxygen atoms in total. The molecule has 50 heavy (non-hydrogen) atoms. The smallest absolute Gasteiger partial charge is 0.404 e. The standard InChI is InChI=1S/C7H11F3O2.2C7H12.C6H12O2.2C3H9NO3S/c1-4-6(2,5(11)12-3)7(8,9)10;2*1-2-7-4-3-6(1)5-7;1-4-5(2)6(7)8-3;2*1-4(2)8(5,6)7-3/h4H2,1-3H3;2*6-7H,1-5H2;5H,4H2,1-3H3;2*1-3H3. The third-order valence-corrected chi connectivity index (χ3v) is 12.4. The minimum Gasteiger partial charge on any atom is -0.469 e. The second kappa shape index (κ2) is 23.9. The van der Waals surface area contributed by atoms with E-state index >= 15 is 0 Å². The number of methoxy groups -OCH3 is 2. The summed E-state index contributed by atoms with van der Waals surface area (Å²) in [6.07, 6.45) is 11.6. The summed E-state index contributed by atoms with van der Waals surface area (Å²) >= 11 is 0. The number of carbonyl (C=O) groups is 2. The Hall–Kier alpha value is -1.53. The van der Waals surface area contributed by atoms with E-state index in [1.165, 1.54) is 65.9 Å². The molecule has 0 saturated heterocycles. The predicted octanol–water partition coefficient (Wildman–Crippen LogP) is 6.61. The minimum atomic E-state index is -4.55. The van der Waals surface area contributed by atoms with Gasteiger partial charge < -0.3 is 9.47 Å². The Labute approximate surface area is 300 Å². The van der Waals surface area contributed by atoms with Gasteiger partial charge in [-0.3, -0.25) is 18.0 Å². The van der Waals surface area contributed by atoms with Crippen LogP contribution in [0.4, 0.5) is 13.2 Å². The third kappa shape index (κ3) is 18.3. The zero-order valence-electron chi connectivity index (χ0n) is 32.3. The summed E-state index contributed by atoms with van der Waals surface area (Å²) in [5, 5.41) is 0. The molecule has 300 valence electrons. The molecule has 4 bridgehead atoms. The monoisotopic (exact) mass is 770 g/mol. The SMILES string of the molecule is C1CC2CCC1C2.C1CC2CCC1C2.CCC(C)(C(=O)OC)C(F)(F)F.CCC(C)C(=O)OC.COS(=O)(=O)N(C)C.COS(=O)(=O)N(C)C. The van der Waals surface area contributed by atoms with E-state index in [1.54, 1.807) is 64.2 Å². The first kappa shape index (κ1) is 50.6. The molecule has 0 aliphatic heterocycles. The van der Waals surface area contributed by atoms with E-state index in [9.17, 15) is 39.6 Å². The van der Waals surface area contributed by atoms with E-state index in [0.717, 1.165) is 43.3 Å². The van der Waals surface area contributed by atoms with Gasteiger partial charge in [0.2, 0.25) is 0 Å². The molecule has 4 aliphatic rings. The van der Waals surface area contributed by atoms with Crippen molar-refractivity contribution >= 4 is 32.5 Å². The van der Waals surface area contributed by atoms with Crippen LogP contribution in [0.25, 0.3) is 0 Å². The lowest BCUT2D eigenvalue weighted by atomic mass is 9.87. The van der Waals surface area contributed by atoms with Crippen LogP contribution in [0, 0.1) is 35.0 Å². The molecule has 0 aromatic rings. The normalized spacial score (nSPS) is 23.5. The number of ether oxygens (including phenoxy) is 2. The molecular formula is C33H65F3N2O10S2. The van der Waals surface area contributed by atoms with Crippen LogP contribution in [0.5, 0.6) is 0 Å². The van der Waals surface area contributed by atoms with Crippen molar-refractivity contribution in [2.45, 2.75) is 111 Å². The molecule has 0 heterocycles. The van der Waals surface area contributed by atoms with Crippen molar-refractivity contribution in [3.63, 3.8) is 0 Å². The lowest BCUT2D eigenvalue weighted by Crippen LogP contribution is -2.42. The Morgan fingerprint density at radius 1 is 0.680 bits per heavy atom. The maximum Gasteiger partial charge on any atom is 0.404 e. The first-order valence-electron chi connectivity index (χ1n) is 17.1. The van der Waals surface area contributed by atoms with E-state index in [0.29, 0.717) is 0 Å². The summed E-state index contributed by atoms with van der Waals surface area (Å²) in [5.74, 6) is 3.38. The molecule has 2 unspecified atom stereocenters. The Kier molecular flexibility index (Phi) is 24.2. The summed E-state index contributed by atoms with van der Waals surface area (Å²) in [6.45, 7) is 5.94.